The van der Waals surface area contributed by atoms with Crippen LogP contribution in [-0.2, 0) is 14.3 Å². The van der Waals surface area contributed by atoms with Crippen molar-refractivity contribution < 1.29 is 24.5 Å². The average molecular weight is 382 g/mol. The van der Waals surface area contributed by atoms with Crippen molar-refractivity contribution in [1.29, 1.82) is 0 Å². The fourth-order valence-electron chi connectivity index (χ4n) is 2.63. The molecular formula is C15H16ClN5O5. The Labute approximate surface area is 153 Å². The van der Waals surface area contributed by atoms with Crippen LogP contribution in [0.25, 0.3) is 5.69 Å². The van der Waals surface area contributed by atoms with E-state index in [0.29, 0.717) is 17.2 Å². The summed E-state index contributed by atoms with van der Waals surface area (Å²) < 4.78 is 6.74. The van der Waals surface area contributed by atoms with Crippen molar-refractivity contribution in [2.45, 2.75) is 25.6 Å². The van der Waals surface area contributed by atoms with E-state index in [-0.39, 0.29) is 18.3 Å². The van der Waals surface area contributed by atoms with Crippen LogP contribution in [0.4, 0.5) is 5.82 Å². The SMILES string of the molecule is Cc1cc(N2CCO[C@H](C(C)(O)C(=O)O)C2=O)nn1-c1cnnc(Cl)c1. The van der Waals surface area contributed by atoms with E-state index in [1.165, 1.54) is 15.8 Å². The number of halogens is 1. The van der Waals surface area contributed by atoms with Crippen molar-refractivity contribution in [1.82, 2.24) is 20.0 Å². The Balaban J connectivity index is 1.93. The monoisotopic (exact) mass is 381 g/mol. The zero-order valence-electron chi connectivity index (χ0n) is 14.0. The van der Waals surface area contributed by atoms with Crippen molar-refractivity contribution in [2.24, 2.45) is 0 Å². The molecule has 1 amide bonds. The Morgan fingerprint density at radius 2 is 2.19 bits per heavy atom. The summed E-state index contributed by atoms with van der Waals surface area (Å²) in [5, 5.41) is 31.2. The summed E-state index contributed by atoms with van der Waals surface area (Å²) in [6, 6.07) is 3.22. The molecule has 1 saturated heterocycles. The molecule has 11 heteroatoms. The minimum Gasteiger partial charge on any atom is -0.479 e. The van der Waals surface area contributed by atoms with E-state index in [1.807, 2.05) is 0 Å². The minimum absolute atomic E-state index is 0.0639. The number of aryl methyl sites for hydroxylation is 1. The van der Waals surface area contributed by atoms with Crippen LogP contribution in [0.2, 0.25) is 5.15 Å². The van der Waals surface area contributed by atoms with Gasteiger partial charge in [-0.05, 0) is 13.8 Å². The lowest BCUT2D eigenvalue weighted by molar-refractivity contribution is -0.180. The maximum absolute atomic E-state index is 12.7. The lowest BCUT2D eigenvalue weighted by Crippen LogP contribution is -2.60. The number of nitrogens with zero attached hydrogens (tertiary/aromatic N) is 5. The molecule has 26 heavy (non-hydrogen) atoms. The molecule has 1 unspecified atom stereocenters. The Morgan fingerprint density at radius 1 is 1.46 bits per heavy atom. The first kappa shape index (κ1) is 18.2. The Hall–Kier alpha value is -2.56. The second-order valence-corrected chi connectivity index (χ2v) is 6.37. The lowest BCUT2D eigenvalue weighted by Gasteiger charge is -2.36. The van der Waals surface area contributed by atoms with Crippen LogP contribution in [0.5, 0.6) is 0 Å². The quantitative estimate of drug-likeness (QED) is 0.767. The molecule has 1 aliphatic heterocycles. The summed E-state index contributed by atoms with van der Waals surface area (Å²) in [6.45, 7) is 3.04. The number of aliphatic carboxylic acids is 1. The summed E-state index contributed by atoms with van der Waals surface area (Å²) in [6.07, 6.45) is -0.0642. The molecule has 2 aromatic rings. The highest BCUT2D eigenvalue weighted by molar-refractivity contribution is 6.29. The van der Waals surface area contributed by atoms with Gasteiger partial charge in [-0.2, -0.15) is 5.10 Å². The van der Waals surface area contributed by atoms with Crippen molar-refractivity contribution in [3.63, 3.8) is 0 Å². The summed E-state index contributed by atoms with van der Waals surface area (Å²) in [5.41, 5.74) is -1.09. The number of carboxylic acid groups (broad SMARTS) is 1. The summed E-state index contributed by atoms with van der Waals surface area (Å²) >= 11 is 5.85. The molecule has 0 bridgehead atoms. The first-order chi connectivity index (χ1) is 12.2. The van der Waals surface area contributed by atoms with E-state index in [9.17, 15) is 14.7 Å². The van der Waals surface area contributed by atoms with E-state index in [0.717, 1.165) is 6.92 Å². The molecule has 3 rings (SSSR count). The predicted molar refractivity (Wildman–Crippen MR) is 89.3 cm³/mol. The maximum Gasteiger partial charge on any atom is 0.338 e. The third kappa shape index (κ3) is 3.14. The number of carboxylic acids is 1. The van der Waals surface area contributed by atoms with Crippen molar-refractivity contribution >= 4 is 29.3 Å². The topological polar surface area (TPSA) is 131 Å². The van der Waals surface area contributed by atoms with Crippen LogP contribution < -0.4 is 4.90 Å². The molecule has 0 aliphatic carbocycles. The zero-order valence-corrected chi connectivity index (χ0v) is 14.7. The Kier molecular flexibility index (Phi) is 4.65. The van der Waals surface area contributed by atoms with Gasteiger partial charge in [0, 0.05) is 17.8 Å². The molecule has 10 nitrogen and oxygen atoms in total. The number of hydrogen-bond donors (Lipinski definition) is 2. The molecule has 138 valence electrons. The number of rotatable bonds is 4. The van der Waals surface area contributed by atoms with Gasteiger partial charge < -0.3 is 14.9 Å². The van der Waals surface area contributed by atoms with Gasteiger partial charge in [0.2, 0.25) is 0 Å². The van der Waals surface area contributed by atoms with Gasteiger partial charge in [0.15, 0.2) is 22.7 Å². The molecule has 3 heterocycles. The minimum atomic E-state index is -2.35. The first-order valence-electron chi connectivity index (χ1n) is 7.66. The lowest BCUT2D eigenvalue weighted by atomic mass is 9.97. The maximum atomic E-state index is 12.7. The molecule has 0 radical (unpaired) electrons. The number of aromatic nitrogens is 4. The third-order valence-corrected chi connectivity index (χ3v) is 4.22. The molecule has 0 aromatic carbocycles. The number of carbonyl (C=O) groups excluding carboxylic acids is 1. The summed E-state index contributed by atoms with van der Waals surface area (Å²) in [7, 11) is 0. The largest absolute Gasteiger partial charge is 0.479 e. The smallest absolute Gasteiger partial charge is 0.338 e. The molecule has 2 aromatic heterocycles. The van der Waals surface area contributed by atoms with Crippen LogP contribution in [0, 0.1) is 6.92 Å². The number of amides is 1. The van der Waals surface area contributed by atoms with Gasteiger partial charge in [0.25, 0.3) is 5.91 Å². The fourth-order valence-corrected chi connectivity index (χ4v) is 2.78. The molecule has 0 spiro atoms. The van der Waals surface area contributed by atoms with Crippen LogP contribution >= 0.6 is 11.6 Å². The third-order valence-electron chi connectivity index (χ3n) is 4.04. The second-order valence-electron chi connectivity index (χ2n) is 5.99. The second kappa shape index (κ2) is 6.63. The molecule has 1 fully saturated rings. The van der Waals surface area contributed by atoms with E-state index in [2.05, 4.69) is 15.3 Å². The van der Waals surface area contributed by atoms with E-state index in [4.69, 9.17) is 21.4 Å². The van der Waals surface area contributed by atoms with Crippen molar-refractivity contribution in [2.75, 3.05) is 18.1 Å². The highest BCUT2D eigenvalue weighted by Crippen LogP contribution is 2.25. The number of hydrogen-bond acceptors (Lipinski definition) is 7. The van der Waals surface area contributed by atoms with Crippen LogP contribution in [0.3, 0.4) is 0 Å². The number of morpholine rings is 1. The van der Waals surface area contributed by atoms with E-state index < -0.39 is 23.6 Å². The molecular weight excluding hydrogens is 366 g/mol. The van der Waals surface area contributed by atoms with Crippen LogP contribution in [0.1, 0.15) is 12.6 Å². The summed E-state index contributed by atoms with van der Waals surface area (Å²) in [4.78, 5) is 25.2. The number of ether oxygens (including phenoxy) is 1. The van der Waals surface area contributed by atoms with Gasteiger partial charge in [-0.1, -0.05) is 11.6 Å². The first-order valence-corrected chi connectivity index (χ1v) is 8.03. The van der Waals surface area contributed by atoms with Crippen molar-refractivity contribution in [3.05, 3.63) is 29.2 Å². The number of aliphatic hydroxyl groups is 1. The number of carbonyl (C=O) groups is 2. The standard InChI is InChI=1S/C15H16ClN5O5/c1-8-5-11(19-21(8)9-6-10(16)18-17-7-9)20-3-4-26-12(13(20)22)15(2,25)14(23)24/h5-7,12,25H,3-4H2,1-2H3,(H,23,24)/t12-,15?/m0/s1. The molecule has 2 atom stereocenters. The van der Waals surface area contributed by atoms with Gasteiger partial charge in [-0.15, -0.1) is 10.2 Å². The van der Waals surface area contributed by atoms with Gasteiger partial charge in [-0.25, -0.2) is 9.48 Å². The highest BCUT2D eigenvalue weighted by atomic mass is 35.5. The zero-order chi connectivity index (χ0) is 19.1. The predicted octanol–water partition coefficient (Wildman–Crippen LogP) is 0.192. The average Bonchev–Trinajstić information content (AvgIpc) is 2.96. The van der Waals surface area contributed by atoms with Gasteiger partial charge in [-0.3, -0.25) is 9.69 Å². The molecule has 2 N–H and O–H groups in total. The molecule has 1 aliphatic rings. The van der Waals surface area contributed by atoms with Crippen molar-refractivity contribution in [3.8, 4) is 5.69 Å². The van der Waals surface area contributed by atoms with E-state index in [1.54, 1.807) is 19.1 Å². The van der Waals surface area contributed by atoms with Crippen LogP contribution in [-0.4, -0.2) is 66.9 Å². The van der Waals surface area contributed by atoms with E-state index >= 15 is 0 Å². The van der Waals surface area contributed by atoms with Crippen LogP contribution in [0.15, 0.2) is 18.3 Å². The normalized spacial score (nSPS) is 20.1. The number of anilines is 1. The fraction of sp³-hybridized carbons (Fsp3) is 0.400. The Bertz CT molecular complexity index is 868. The Morgan fingerprint density at radius 3 is 2.85 bits per heavy atom. The van der Waals surface area contributed by atoms with Gasteiger partial charge in [0.1, 0.15) is 0 Å². The van der Waals surface area contributed by atoms with Gasteiger partial charge >= 0.3 is 5.97 Å². The highest BCUT2D eigenvalue weighted by Gasteiger charge is 2.49. The summed E-state index contributed by atoms with van der Waals surface area (Å²) in [5.74, 6) is -1.92. The molecule has 0 saturated carbocycles. The van der Waals surface area contributed by atoms with Gasteiger partial charge in [0.05, 0.1) is 25.0 Å².